The summed E-state index contributed by atoms with van der Waals surface area (Å²) >= 11 is 7.75. The maximum atomic E-state index is 12.5. The molecule has 0 atom stereocenters. The highest BCUT2D eigenvalue weighted by Gasteiger charge is 2.32. The zero-order chi connectivity index (χ0) is 12.8. The van der Waals surface area contributed by atoms with Crippen LogP contribution in [0, 0.1) is 3.57 Å². The van der Waals surface area contributed by atoms with Gasteiger partial charge in [-0.3, -0.25) is 4.79 Å². The van der Waals surface area contributed by atoms with Crippen molar-refractivity contribution in [3.63, 3.8) is 0 Å². The molecule has 0 bridgehead atoms. The lowest BCUT2D eigenvalue weighted by molar-refractivity contribution is -0.141. The van der Waals surface area contributed by atoms with Crippen molar-refractivity contribution in [1.82, 2.24) is 4.98 Å². The van der Waals surface area contributed by atoms with Gasteiger partial charge in [-0.2, -0.15) is 13.2 Å². The molecule has 0 saturated carbocycles. The molecule has 0 radical (unpaired) electrons. The number of aromatic nitrogens is 1. The van der Waals surface area contributed by atoms with Crippen molar-refractivity contribution in [3.8, 4) is 0 Å². The molecule has 2 rings (SSSR count). The van der Waals surface area contributed by atoms with E-state index < -0.39 is 17.3 Å². The van der Waals surface area contributed by atoms with Gasteiger partial charge in [0.1, 0.15) is 5.69 Å². The zero-order valence-corrected chi connectivity index (χ0v) is 10.9. The van der Waals surface area contributed by atoms with E-state index in [0.717, 1.165) is 0 Å². The van der Waals surface area contributed by atoms with E-state index in [1.54, 1.807) is 0 Å². The van der Waals surface area contributed by atoms with Crippen LogP contribution >= 0.6 is 34.2 Å². The molecule has 0 fully saturated rings. The van der Waals surface area contributed by atoms with E-state index in [4.69, 9.17) is 11.6 Å². The summed E-state index contributed by atoms with van der Waals surface area (Å²) in [6, 6.07) is 3.51. The fraction of sp³-hybridized carbons (Fsp3) is 0.100. The highest BCUT2D eigenvalue weighted by atomic mass is 127. The van der Waals surface area contributed by atoms with Gasteiger partial charge in [0, 0.05) is 15.0 Å². The number of H-pyrrole nitrogens is 1. The van der Waals surface area contributed by atoms with Gasteiger partial charge in [0.2, 0.25) is 0 Å². The number of hydrogen-bond acceptors (Lipinski definition) is 1. The average molecular weight is 373 g/mol. The third kappa shape index (κ3) is 2.42. The number of hydrogen-bond donors (Lipinski definition) is 1. The average Bonchev–Trinajstić information content (AvgIpc) is 2.17. The number of pyridine rings is 1. The van der Waals surface area contributed by atoms with Gasteiger partial charge >= 0.3 is 6.18 Å². The van der Waals surface area contributed by atoms with Crippen LogP contribution in [0.1, 0.15) is 5.69 Å². The van der Waals surface area contributed by atoms with Crippen LogP contribution in [0.5, 0.6) is 0 Å². The lowest BCUT2D eigenvalue weighted by Crippen LogP contribution is -2.14. The number of benzene rings is 1. The maximum Gasteiger partial charge on any atom is 0.431 e. The molecule has 0 aliphatic carbocycles. The highest BCUT2D eigenvalue weighted by molar-refractivity contribution is 14.1. The van der Waals surface area contributed by atoms with Gasteiger partial charge < -0.3 is 4.98 Å². The number of nitrogens with one attached hydrogen (secondary N) is 1. The van der Waals surface area contributed by atoms with E-state index in [1.807, 2.05) is 22.6 Å². The minimum atomic E-state index is -4.60. The van der Waals surface area contributed by atoms with Gasteiger partial charge in [-0.1, -0.05) is 11.6 Å². The van der Waals surface area contributed by atoms with Crippen LogP contribution in [0.2, 0.25) is 5.02 Å². The second-order valence-corrected chi connectivity index (χ2v) is 5.01. The lowest BCUT2D eigenvalue weighted by Gasteiger charge is -2.09. The first-order chi connectivity index (χ1) is 7.79. The summed E-state index contributed by atoms with van der Waals surface area (Å²) < 4.78 is 38.2. The molecule has 0 aliphatic heterocycles. The molecular formula is C10H4ClF3INO. The minimum Gasteiger partial charge on any atom is -0.350 e. The van der Waals surface area contributed by atoms with E-state index in [9.17, 15) is 18.0 Å². The van der Waals surface area contributed by atoms with Gasteiger partial charge in [-0.15, -0.1) is 0 Å². The first kappa shape index (κ1) is 12.7. The second-order valence-electron chi connectivity index (χ2n) is 3.36. The topological polar surface area (TPSA) is 32.9 Å². The Morgan fingerprint density at radius 3 is 2.47 bits per heavy atom. The summed E-state index contributed by atoms with van der Waals surface area (Å²) in [4.78, 5) is 13.7. The van der Waals surface area contributed by atoms with Crippen LogP contribution in [0.3, 0.4) is 0 Å². The van der Waals surface area contributed by atoms with E-state index >= 15 is 0 Å². The molecule has 0 spiro atoms. The molecule has 90 valence electrons. The Morgan fingerprint density at radius 2 is 1.88 bits per heavy atom. The Balaban J connectivity index is 2.88. The summed E-state index contributed by atoms with van der Waals surface area (Å²) in [5.41, 5.74) is -1.79. The fourth-order valence-corrected chi connectivity index (χ4v) is 2.50. The summed E-state index contributed by atoms with van der Waals surface area (Å²) in [7, 11) is 0. The monoisotopic (exact) mass is 373 g/mol. The van der Waals surface area contributed by atoms with E-state index in [2.05, 4.69) is 4.98 Å². The Kier molecular flexibility index (Phi) is 3.11. The number of halogens is 5. The molecule has 1 aromatic carbocycles. The van der Waals surface area contributed by atoms with Crippen molar-refractivity contribution in [1.29, 1.82) is 0 Å². The van der Waals surface area contributed by atoms with E-state index in [0.29, 0.717) is 9.64 Å². The first-order valence-corrected chi connectivity index (χ1v) is 5.84. The number of rotatable bonds is 0. The number of aromatic amines is 1. The highest BCUT2D eigenvalue weighted by Crippen LogP contribution is 2.30. The minimum absolute atomic E-state index is 0.00640. The van der Waals surface area contributed by atoms with Gasteiger partial charge in [0.25, 0.3) is 0 Å². The molecule has 2 aromatic rings. The van der Waals surface area contributed by atoms with Crippen molar-refractivity contribution in [2.24, 2.45) is 0 Å². The predicted octanol–water partition coefficient (Wildman–Crippen LogP) is 3.80. The summed E-state index contributed by atoms with van der Waals surface area (Å²) in [6.07, 6.45) is -4.60. The molecular weight excluding hydrogens is 369 g/mol. The molecule has 17 heavy (non-hydrogen) atoms. The predicted molar refractivity (Wildman–Crippen MR) is 67.3 cm³/mol. The van der Waals surface area contributed by atoms with E-state index in [1.165, 1.54) is 12.1 Å². The van der Waals surface area contributed by atoms with Crippen molar-refractivity contribution < 1.29 is 13.2 Å². The quantitative estimate of drug-likeness (QED) is 0.700. The molecule has 0 aliphatic rings. The number of fused-ring (bicyclic) bond motifs is 1. The van der Waals surface area contributed by atoms with Crippen LogP contribution in [0.25, 0.3) is 10.9 Å². The normalized spacial score (nSPS) is 12.1. The molecule has 1 aromatic heterocycles. The molecule has 1 N–H and O–H groups in total. The maximum absolute atomic E-state index is 12.5. The molecule has 0 unspecified atom stereocenters. The standard InChI is InChI=1S/C10H4ClF3INO/c11-6-2-4(15)1-5-7(17)3-8(10(12,13)14)16-9(5)6/h1-3H,(H,16,17). The van der Waals surface area contributed by atoms with Gasteiger partial charge in [0.15, 0.2) is 5.43 Å². The SMILES string of the molecule is O=c1cc(C(F)(F)F)[nH]c2c(Cl)cc(I)cc12. The zero-order valence-electron chi connectivity index (χ0n) is 8.03. The van der Waals surface area contributed by atoms with Crippen molar-refractivity contribution in [2.45, 2.75) is 6.18 Å². The fourth-order valence-electron chi connectivity index (χ4n) is 1.43. The Bertz CT molecular complexity index is 650. The third-order valence-electron chi connectivity index (χ3n) is 2.16. The van der Waals surface area contributed by atoms with Gasteiger partial charge in [-0.25, -0.2) is 0 Å². The molecule has 0 amide bonds. The Morgan fingerprint density at radius 1 is 1.24 bits per heavy atom. The number of alkyl halides is 3. The molecule has 1 heterocycles. The lowest BCUT2D eigenvalue weighted by atomic mass is 10.2. The molecule has 2 nitrogen and oxygen atoms in total. The van der Waals surface area contributed by atoms with Crippen molar-refractivity contribution >= 4 is 45.1 Å². The summed E-state index contributed by atoms with van der Waals surface area (Å²) in [6.45, 7) is 0. The third-order valence-corrected chi connectivity index (χ3v) is 3.08. The molecule has 7 heteroatoms. The van der Waals surface area contributed by atoms with Crippen LogP contribution in [-0.4, -0.2) is 4.98 Å². The van der Waals surface area contributed by atoms with Crippen molar-refractivity contribution in [3.05, 3.63) is 42.7 Å². The van der Waals surface area contributed by atoms with Crippen LogP contribution in [0.4, 0.5) is 13.2 Å². The van der Waals surface area contributed by atoms with E-state index in [-0.39, 0.29) is 15.9 Å². The smallest absolute Gasteiger partial charge is 0.350 e. The summed E-state index contributed by atoms with van der Waals surface area (Å²) in [5.74, 6) is 0. The molecule has 0 saturated heterocycles. The Labute approximate surface area is 112 Å². The van der Waals surface area contributed by atoms with Crippen LogP contribution in [0.15, 0.2) is 23.0 Å². The first-order valence-electron chi connectivity index (χ1n) is 4.38. The summed E-state index contributed by atoms with van der Waals surface area (Å²) in [5, 5.41) is 0.241. The Hall–Kier alpha value is -0.760. The van der Waals surface area contributed by atoms with Crippen LogP contribution in [-0.2, 0) is 6.18 Å². The largest absolute Gasteiger partial charge is 0.431 e. The van der Waals surface area contributed by atoms with Crippen LogP contribution < -0.4 is 5.43 Å². The van der Waals surface area contributed by atoms with Gasteiger partial charge in [-0.05, 0) is 34.7 Å². The second kappa shape index (κ2) is 4.16. The van der Waals surface area contributed by atoms with Crippen molar-refractivity contribution in [2.75, 3.05) is 0 Å². The van der Waals surface area contributed by atoms with Gasteiger partial charge in [0.05, 0.1) is 10.5 Å².